The third-order valence-electron chi connectivity index (χ3n) is 4.88. The highest BCUT2D eigenvalue weighted by atomic mass is 32.2. The van der Waals surface area contributed by atoms with E-state index >= 15 is 0 Å². The van der Waals surface area contributed by atoms with E-state index in [0.717, 1.165) is 4.90 Å². The molecule has 3 heterocycles. The number of aliphatic hydroxyl groups excluding tert-OH is 1. The van der Waals surface area contributed by atoms with E-state index in [-0.39, 0.29) is 12.6 Å². The van der Waals surface area contributed by atoms with E-state index in [9.17, 15) is 10.2 Å². The Bertz CT molecular complexity index is 946. The van der Waals surface area contributed by atoms with Crippen LogP contribution in [0.15, 0.2) is 41.7 Å². The number of aromatic amines is 1. The number of fused-ring (bicyclic) bond motifs is 1. The summed E-state index contributed by atoms with van der Waals surface area (Å²) in [5.41, 5.74) is 7.25. The number of aromatic nitrogens is 3. The minimum atomic E-state index is -1.43. The molecule has 2 aromatic heterocycles. The number of β-amino-alcohol motifs (C(OH)–C–C–N with tert-alkyl or cyclic N) is 1. The van der Waals surface area contributed by atoms with Crippen molar-refractivity contribution in [2.24, 2.45) is 0 Å². The second kappa shape index (κ2) is 6.55. The van der Waals surface area contributed by atoms with Gasteiger partial charge in [-0.25, -0.2) is 9.97 Å². The van der Waals surface area contributed by atoms with Gasteiger partial charge in [0.1, 0.15) is 23.5 Å². The normalized spacial score (nSPS) is 25.8. The summed E-state index contributed by atoms with van der Waals surface area (Å²) in [6.07, 6.45) is 2.05. The number of anilines is 1. The summed E-state index contributed by atoms with van der Waals surface area (Å²) in [7, 11) is 0. The first-order valence-electron chi connectivity index (χ1n) is 8.40. The van der Waals surface area contributed by atoms with Crippen LogP contribution in [-0.4, -0.2) is 49.6 Å². The van der Waals surface area contributed by atoms with Gasteiger partial charge >= 0.3 is 0 Å². The number of hydrogen-bond donors (Lipinski definition) is 5. The predicted octanol–water partition coefficient (Wildman–Crippen LogP) is 1.16. The summed E-state index contributed by atoms with van der Waals surface area (Å²) in [5.74, 6) is 0.962. The number of benzene rings is 1. The van der Waals surface area contributed by atoms with Crippen LogP contribution in [0.3, 0.4) is 0 Å². The van der Waals surface area contributed by atoms with E-state index in [1.165, 1.54) is 11.9 Å². The van der Waals surface area contributed by atoms with Gasteiger partial charge in [-0.3, -0.25) is 0 Å². The van der Waals surface area contributed by atoms with E-state index < -0.39 is 11.7 Å². The van der Waals surface area contributed by atoms with Crippen LogP contribution in [0.4, 0.5) is 5.82 Å². The molecule has 8 heteroatoms. The van der Waals surface area contributed by atoms with Crippen molar-refractivity contribution in [3.05, 3.63) is 47.9 Å². The first-order chi connectivity index (χ1) is 12.5. The van der Waals surface area contributed by atoms with Crippen LogP contribution in [0.25, 0.3) is 11.0 Å². The Morgan fingerprint density at radius 1 is 1.38 bits per heavy atom. The number of nitrogens with two attached hydrogens (primary N) is 1. The minimum Gasteiger partial charge on any atom is -0.388 e. The van der Waals surface area contributed by atoms with Gasteiger partial charge in [-0.2, -0.15) is 0 Å². The SMILES string of the molecule is Cc1cccc(SC[C@H]2NCC(O)(c3c[nH]c4c(N)ncnc34)C2O)c1. The maximum absolute atomic E-state index is 11.2. The molecule has 1 saturated heterocycles. The molecule has 0 amide bonds. The molecule has 0 bridgehead atoms. The molecule has 7 nitrogen and oxygen atoms in total. The summed E-state index contributed by atoms with van der Waals surface area (Å²) in [5, 5.41) is 25.2. The van der Waals surface area contributed by atoms with Crippen LogP contribution in [0, 0.1) is 6.92 Å². The van der Waals surface area contributed by atoms with Gasteiger partial charge in [-0.1, -0.05) is 17.7 Å². The molecular formula is C18H21N5O2S. The zero-order valence-corrected chi connectivity index (χ0v) is 15.1. The summed E-state index contributed by atoms with van der Waals surface area (Å²) < 4.78 is 0. The standard InChI is InChI=1S/C18H21N5O2S/c1-10-3-2-4-11(5-10)26-7-13-16(24)18(25,8-21-13)12-6-20-15-14(12)22-9-23-17(15)19/h2-6,9,13,16,20-21,24-25H,7-8H2,1H3,(H2,19,22,23)/t13-,16?,18?/m1/s1. The average molecular weight is 371 g/mol. The Labute approximate surface area is 155 Å². The lowest BCUT2D eigenvalue weighted by molar-refractivity contribution is -0.0513. The van der Waals surface area contributed by atoms with Gasteiger partial charge in [-0.05, 0) is 19.1 Å². The van der Waals surface area contributed by atoms with Crippen molar-refractivity contribution >= 4 is 28.6 Å². The van der Waals surface area contributed by atoms with Gasteiger partial charge in [0, 0.05) is 35.0 Å². The van der Waals surface area contributed by atoms with Crippen molar-refractivity contribution in [2.45, 2.75) is 29.6 Å². The fraction of sp³-hybridized carbons (Fsp3) is 0.333. The second-order valence-electron chi connectivity index (χ2n) is 6.67. The molecule has 0 aliphatic carbocycles. The topological polar surface area (TPSA) is 120 Å². The summed E-state index contributed by atoms with van der Waals surface area (Å²) >= 11 is 1.65. The molecule has 136 valence electrons. The van der Waals surface area contributed by atoms with Gasteiger partial charge < -0.3 is 26.2 Å². The third kappa shape index (κ3) is 2.84. The zero-order chi connectivity index (χ0) is 18.3. The molecule has 1 fully saturated rings. The van der Waals surface area contributed by atoms with Crippen LogP contribution in [0.5, 0.6) is 0 Å². The number of hydrogen-bond acceptors (Lipinski definition) is 7. The highest BCUT2D eigenvalue weighted by Crippen LogP contribution is 2.37. The van der Waals surface area contributed by atoms with Crippen LogP contribution in [0.2, 0.25) is 0 Å². The molecule has 0 saturated carbocycles. The molecule has 2 unspecified atom stereocenters. The number of H-pyrrole nitrogens is 1. The Morgan fingerprint density at radius 3 is 3.04 bits per heavy atom. The molecular weight excluding hydrogens is 350 g/mol. The molecule has 0 radical (unpaired) electrons. The van der Waals surface area contributed by atoms with Gasteiger partial charge in [0.2, 0.25) is 0 Å². The summed E-state index contributed by atoms with van der Waals surface area (Å²) in [6.45, 7) is 2.29. The molecule has 1 aliphatic rings. The summed E-state index contributed by atoms with van der Waals surface area (Å²) in [6, 6.07) is 7.98. The second-order valence-corrected chi connectivity index (χ2v) is 7.76. The zero-order valence-electron chi connectivity index (χ0n) is 14.3. The number of nitrogens with one attached hydrogen (secondary N) is 2. The lowest BCUT2D eigenvalue weighted by Gasteiger charge is -2.27. The van der Waals surface area contributed by atoms with Crippen molar-refractivity contribution in [3.63, 3.8) is 0 Å². The van der Waals surface area contributed by atoms with Crippen molar-refractivity contribution in [2.75, 3.05) is 18.0 Å². The highest BCUT2D eigenvalue weighted by molar-refractivity contribution is 7.99. The lowest BCUT2D eigenvalue weighted by atomic mass is 9.90. The van der Waals surface area contributed by atoms with E-state index in [1.807, 2.05) is 12.1 Å². The van der Waals surface area contributed by atoms with E-state index in [0.29, 0.717) is 28.2 Å². The molecule has 3 atom stereocenters. The maximum Gasteiger partial charge on any atom is 0.151 e. The fourth-order valence-corrected chi connectivity index (χ4v) is 4.54. The van der Waals surface area contributed by atoms with Crippen LogP contribution in [0.1, 0.15) is 11.1 Å². The van der Waals surface area contributed by atoms with E-state index in [2.05, 4.69) is 39.3 Å². The first-order valence-corrected chi connectivity index (χ1v) is 9.39. The number of aliphatic hydroxyl groups is 2. The number of rotatable bonds is 4. The Hall–Kier alpha value is -2.13. The molecule has 3 aromatic rings. The lowest BCUT2D eigenvalue weighted by Crippen LogP contribution is -2.42. The predicted molar refractivity (Wildman–Crippen MR) is 102 cm³/mol. The van der Waals surface area contributed by atoms with Crippen molar-refractivity contribution < 1.29 is 10.2 Å². The summed E-state index contributed by atoms with van der Waals surface area (Å²) in [4.78, 5) is 12.3. The Morgan fingerprint density at radius 2 is 2.23 bits per heavy atom. The average Bonchev–Trinajstić information content (AvgIpc) is 3.18. The molecule has 6 N–H and O–H groups in total. The van der Waals surface area contributed by atoms with E-state index in [1.54, 1.807) is 18.0 Å². The van der Waals surface area contributed by atoms with Crippen LogP contribution >= 0.6 is 11.8 Å². The smallest absolute Gasteiger partial charge is 0.151 e. The molecule has 26 heavy (non-hydrogen) atoms. The van der Waals surface area contributed by atoms with Gasteiger partial charge in [0.25, 0.3) is 0 Å². The Kier molecular flexibility index (Phi) is 4.36. The van der Waals surface area contributed by atoms with Crippen molar-refractivity contribution in [1.82, 2.24) is 20.3 Å². The molecule has 1 aromatic carbocycles. The van der Waals surface area contributed by atoms with Crippen LogP contribution in [-0.2, 0) is 5.60 Å². The quantitative estimate of drug-likeness (QED) is 0.437. The van der Waals surface area contributed by atoms with Crippen molar-refractivity contribution in [3.8, 4) is 0 Å². The number of nitrogen functional groups attached to an aromatic ring is 1. The molecule has 4 rings (SSSR count). The molecule has 0 spiro atoms. The number of nitrogens with zero attached hydrogens (tertiary/aromatic N) is 2. The monoisotopic (exact) mass is 371 g/mol. The molecule has 1 aliphatic heterocycles. The fourth-order valence-electron chi connectivity index (χ4n) is 3.42. The van der Waals surface area contributed by atoms with Gasteiger partial charge in [0.05, 0.1) is 5.52 Å². The first kappa shape index (κ1) is 17.3. The van der Waals surface area contributed by atoms with Crippen molar-refractivity contribution in [1.29, 1.82) is 0 Å². The minimum absolute atomic E-state index is 0.240. The highest BCUT2D eigenvalue weighted by Gasteiger charge is 2.49. The number of aryl methyl sites for hydroxylation is 1. The van der Waals surface area contributed by atoms with Gasteiger partial charge in [0.15, 0.2) is 5.82 Å². The third-order valence-corrected chi connectivity index (χ3v) is 6.00. The maximum atomic E-state index is 11.2. The van der Waals surface area contributed by atoms with Gasteiger partial charge in [-0.15, -0.1) is 11.8 Å². The van der Waals surface area contributed by atoms with Crippen LogP contribution < -0.4 is 11.1 Å². The Balaban J connectivity index is 1.55. The number of thioether (sulfide) groups is 1. The van der Waals surface area contributed by atoms with E-state index in [4.69, 9.17) is 5.73 Å². The largest absolute Gasteiger partial charge is 0.388 e.